The number of carbonyl (C=O) groups excluding carboxylic acids is 2. The molecule has 0 saturated carbocycles. The monoisotopic (exact) mass is 377 g/mol. The molecule has 0 bridgehead atoms. The Bertz CT molecular complexity index is 818. The lowest BCUT2D eigenvalue weighted by Gasteiger charge is -2.29. The molecule has 0 aliphatic carbocycles. The first-order valence-corrected chi connectivity index (χ1v) is 9.77. The summed E-state index contributed by atoms with van der Waals surface area (Å²) >= 11 is 0. The van der Waals surface area contributed by atoms with Gasteiger partial charge in [0, 0.05) is 18.9 Å². The van der Waals surface area contributed by atoms with Gasteiger partial charge >= 0.3 is 0 Å². The fraction of sp³-hybridized carbons (Fsp3) is 0.304. The lowest BCUT2D eigenvalue weighted by Crippen LogP contribution is -2.46. The van der Waals surface area contributed by atoms with Gasteiger partial charge in [0.25, 0.3) is 0 Å². The molecule has 5 nitrogen and oxygen atoms in total. The smallest absolute Gasteiger partial charge is 0.244 e. The van der Waals surface area contributed by atoms with Crippen LogP contribution in [0.3, 0.4) is 0 Å². The molecule has 28 heavy (non-hydrogen) atoms. The Morgan fingerprint density at radius 2 is 1.79 bits per heavy atom. The number of hydrogen-bond donors (Lipinski definition) is 2. The summed E-state index contributed by atoms with van der Waals surface area (Å²) in [6.45, 7) is 2.36. The maximum Gasteiger partial charge on any atom is 0.244 e. The van der Waals surface area contributed by atoms with E-state index in [0.29, 0.717) is 13.0 Å². The summed E-state index contributed by atoms with van der Waals surface area (Å²) in [7, 11) is 0. The first-order chi connectivity index (χ1) is 13.6. The first-order valence-electron chi connectivity index (χ1n) is 9.77. The van der Waals surface area contributed by atoms with Crippen molar-refractivity contribution in [2.24, 2.45) is 0 Å². The van der Waals surface area contributed by atoms with Crippen LogP contribution in [0.1, 0.15) is 37.3 Å². The third-order valence-electron chi connectivity index (χ3n) is 4.80. The van der Waals surface area contributed by atoms with Crippen molar-refractivity contribution in [3.05, 3.63) is 77.9 Å². The Labute approximate surface area is 166 Å². The fourth-order valence-electron chi connectivity index (χ4n) is 3.19. The van der Waals surface area contributed by atoms with Crippen LogP contribution in [-0.4, -0.2) is 29.4 Å². The average Bonchev–Trinajstić information content (AvgIpc) is 2.73. The number of rotatable bonds is 8. The van der Waals surface area contributed by atoms with Gasteiger partial charge in [-0.05, 0) is 37.0 Å². The molecular weight excluding hydrogens is 350 g/mol. The molecule has 2 N–H and O–H groups in total. The Morgan fingerprint density at radius 3 is 2.50 bits per heavy atom. The van der Waals surface area contributed by atoms with Gasteiger partial charge in [-0.3, -0.25) is 20.0 Å². The zero-order chi connectivity index (χ0) is 19.8. The molecule has 0 spiro atoms. The highest BCUT2D eigenvalue weighted by molar-refractivity contribution is 5.84. The zero-order valence-electron chi connectivity index (χ0n) is 16.2. The van der Waals surface area contributed by atoms with Crippen molar-refractivity contribution in [2.45, 2.75) is 38.6 Å². The van der Waals surface area contributed by atoms with E-state index in [1.165, 1.54) is 10.6 Å². The molecule has 1 unspecified atom stereocenters. The summed E-state index contributed by atoms with van der Waals surface area (Å²) in [4.78, 5) is 24.4. The topological polar surface area (TPSA) is 61.4 Å². The van der Waals surface area contributed by atoms with Crippen molar-refractivity contribution < 1.29 is 9.59 Å². The van der Waals surface area contributed by atoms with Gasteiger partial charge in [0.1, 0.15) is 0 Å². The third-order valence-corrected chi connectivity index (χ3v) is 4.80. The number of aryl methyl sites for hydroxylation is 1. The molecule has 5 heteroatoms. The third kappa shape index (κ3) is 5.71. The molecule has 1 atom stereocenters. The number of nitrogens with zero attached hydrogens (tertiary/aromatic N) is 1. The van der Waals surface area contributed by atoms with Gasteiger partial charge in [0.05, 0.1) is 12.2 Å². The van der Waals surface area contributed by atoms with Crippen molar-refractivity contribution in [2.75, 3.05) is 6.54 Å². The van der Waals surface area contributed by atoms with Crippen molar-refractivity contribution in [3.63, 3.8) is 0 Å². The molecule has 0 radical (unpaired) electrons. The molecule has 0 aromatic heterocycles. The normalized spacial score (nSPS) is 14.8. The summed E-state index contributed by atoms with van der Waals surface area (Å²) in [6.07, 6.45) is 4.32. The number of carbonyl (C=O) groups is 2. The van der Waals surface area contributed by atoms with Crippen LogP contribution in [-0.2, 0) is 16.0 Å². The second-order valence-corrected chi connectivity index (χ2v) is 7.09. The van der Waals surface area contributed by atoms with Gasteiger partial charge < -0.3 is 5.32 Å². The van der Waals surface area contributed by atoms with Crippen LogP contribution >= 0.6 is 0 Å². The van der Waals surface area contributed by atoms with Gasteiger partial charge in [-0.2, -0.15) is 0 Å². The molecule has 0 saturated heterocycles. The predicted molar refractivity (Wildman–Crippen MR) is 111 cm³/mol. The van der Waals surface area contributed by atoms with Crippen LogP contribution in [0.15, 0.2) is 66.7 Å². The highest BCUT2D eigenvalue weighted by Crippen LogP contribution is 2.17. The second-order valence-electron chi connectivity index (χ2n) is 7.09. The van der Waals surface area contributed by atoms with Crippen molar-refractivity contribution >= 4 is 17.5 Å². The van der Waals surface area contributed by atoms with Crippen LogP contribution in [0.2, 0.25) is 0 Å². The molecule has 3 rings (SSSR count). The molecule has 2 aromatic carbocycles. The molecule has 2 amide bonds. The summed E-state index contributed by atoms with van der Waals surface area (Å²) in [6, 6.07) is 20.2. The summed E-state index contributed by atoms with van der Waals surface area (Å²) in [5, 5.41) is 4.57. The lowest BCUT2D eigenvalue weighted by atomic mass is 10.1. The number of hydrogen-bond acceptors (Lipinski definition) is 3. The van der Waals surface area contributed by atoms with Gasteiger partial charge in [0.2, 0.25) is 11.8 Å². The number of benzene rings is 2. The minimum atomic E-state index is -0.0361. The SMILES string of the molecule is CC(CCc1ccccc1)NC(=O)CCN1NC(c2ccccc2)=CCC1=O. The summed E-state index contributed by atoms with van der Waals surface area (Å²) in [5.74, 6) is -0.0596. The van der Waals surface area contributed by atoms with E-state index in [2.05, 4.69) is 22.9 Å². The van der Waals surface area contributed by atoms with E-state index < -0.39 is 0 Å². The lowest BCUT2D eigenvalue weighted by molar-refractivity contribution is -0.133. The number of nitrogens with one attached hydrogen (secondary N) is 2. The van der Waals surface area contributed by atoms with E-state index in [-0.39, 0.29) is 24.3 Å². The maximum atomic E-state index is 12.3. The van der Waals surface area contributed by atoms with E-state index in [1.54, 1.807) is 0 Å². The predicted octanol–water partition coefficient (Wildman–Crippen LogP) is 3.29. The molecule has 1 aliphatic rings. The van der Waals surface area contributed by atoms with Crippen LogP contribution in [0.25, 0.3) is 5.70 Å². The van der Waals surface area contributed by atoms with Gasteiger partial charge in [-0.15, -0.1) is 0 Å². The second kappa shape index (κ2) is 9.74. The van der Waals surface area contributed by atoms with Crippen LogP contribution in [0.5, 0.6) is 0 Å². The Hall–Kier alpha value is -3.08. The maximum absolute atomic E-state index is 12.3. The van der Waals surface area contributed by atoms with Crippen molar-refractivity contribution in [1.29, 1.82) is 0 Å². The minimum Gasteiger partial charge on any atom is -0.354 e. The Kier molecular flexibility index (Phi) is 6.84. The fourth-order valence-corrected chi connectivity index (χ4v) is 3.19. The molecule has 1 aliphatic heterocycles. The molecule has 1 heterocycles. The number of amides is 2. The minimum absolute atomic E-state index is 0.0235. The highest BCUT2D eigenvalue weighted by Gasteiger charge is 2.20. The van der Waals surface area contributed by atoms with Gasteiger partial charge in [-0.25, -0.2) is 0 Å². The van der Waals surface area contributed by atoms with Gasteiger partial charge in [-0.1, -0.05) is 60.7 Å². The van der Waals surface area contributed by atoms with Crippen LogP contribution in [0.4, 0.5) is 0 Å². The standard InChI is InChI=1S/C23H27N3O2/c1-18(12-13-19-8-4-2-5-9-19)24-22(27)16-17-26-23(28)15-14-21(25-26)20-10-6-3-7-11-20/h2-11,14,18,25H,12-13,15-17H2,1H3,(H,24,27). The van der Waals surface area contributed by atoms with Crippen molar-refractivity contribution in [3.8, 4) is 0 Å². The summed E-state index contributed by atoms with van der Waals surface area (Å²) in [5.41, 5.74) is 6.34. The Morgan fingerprint density at radius 1 is 1.11 bits per heavy atom. The molecule has 146 valence electrons. The first kappa shape index (κ1) is 19.7. The van der Waals surface area contributed by atoms with E-state index in [9.17, 15) is 9.59 Å². The van der Waals surface area contributed by atoms with E-state index >= 15 is 0 Å². The molecule has 0 fully saturated rings. The summed E-state index contributed by atoms with van der Waals surface area (Å²) < 4.78 is 0. The van der Waals surface area contributed by atoms with Crippen LogP contribution in [0, 0.1) is 0 Å². The Balaban J connectivity index is 1.43. The molecule has 2 aromatic rings. The highest BCUT2D eigenvalue weighted by atomic mass is 16.2. The van der Waals surface area contributed by atoms with E-state index in [4.69, 9.17) is 0 Å². The van der Waals surface area contributed by atoms with Crippen molar-refractivity contribution in [1.82, 2.24) is 15.8 Å². The zero-order valence-corrected chi connectivity index (χ0v) is 16.2. The number of hydrazine groups is 1. The van der Waals surface area contributed by atoms with Crippen LogP contribution < -0.4 is 10.7 Å². The quantitative estimate of drug-likeness (QED) is 0.742. The van der Waals surface area contributed by atoms with E-state index in [1.807, 2.05) is 61.5 Å². The molecular formula is C23H27N3O2. The average molecular weight is 377 g/mol. The van der Waals surface area contributed by atoms with Gasteiger partial charge in [0.15, 0.2) is 0 Å². The van der Waals surface area contributed by atoms with E-state index in [0.717, 1.165) is 24.1 Å². The largest absolute Gasteiger partial charge is 0.354 e.